The Balaban J connectivity index is 1.73. The van der Waals surface area contributed by atoms with E-state index in [9.17, 15) is 9.59 Å². The van der Waals surface area contributed by atoms with Gasteiger partial charge in [-0.1, -0.05) is 47.5 Å². The second kappa shape index (κ2) is 7.46. The van der Waals surface area contributed by atoms with E-state index in [1.807, 2.05) is 6.92 Å². The number of carbonyl (C=O) groups is 2. The molecular weight excluding hydrogens is 359 g/mol. The average molecular weight is 377 g/mol. The van der Waals surface area contributed by atoms with Gasteiger partial charge in [0.1, 0.15) is 0 Å². The molecule has 0 spiro atoms. The van der Waals surface area contributed by atoms with Crippen LogP contribution in [0.4, 0.5) is 0 Å². The van der Waals surface area contributed by atoms with Crippen molar-refractivity contribution in [1.82, 2.24) is 9.80 Å². The van der Waals surface area contributed by atoms with Crippen LogP contribution in [0.1, 0.15) is 27.6 Å². The number of benzene rings is 2. The maximum Gasteiger partial charge on any atom is 0.255 e. The summed E-state index contributed by atoms with van der Waals surface area (Å²) >= 11 is 12.3. The van der Waals surface area contributed by atoms with Crippen molar-refractivity contribution in [2.24, 2.45) is 0 Å². The quantitative estimate of drug-likeness (QED) is 0.795. The van der Waals surface area contributed by atoms with Gasteiger partial charge < -0.3 is 9.80 Å². The van der Waals surface area contributed by atoms with Crippen LogP contribution in [0.25, 0.3) is 0 Å². The number of amides is 2. The standard InChI is InChI=1S/C19H18Cl2N2O2/c1-13-12-22(18(24)14-6-2-4-8-16(14)20)10-11-23(13)19(25)15-7-3-5-9-17(15)21/h2-9,13H,10-12H2,1H3/t13-/m1/s1. The lowest BCUT2D eigenvalue weighted by molar-refractivity contribution is 0.0414. The Morgan fingerprint density at radius 2 is 1.40 bits per heavy atom. The summed E-state index contributed by atoms with van der Waals surface area (Å²) in [6.45, 7) is 3.31. The van der Waals surface area contributed by atoms with Gasteiger partial charge in [0, 0.05) is 25.7 Å². The van der Waals surface area contributed by atoms with Crippen molar-refractivity contribution >= 4 is 35.0 Å². The van der Waals surface area contributed by atoms with Crippen LogP contribution in [-0.2, 0) is 0 Å². The fourth-order valence-electron chi connectivity index (χ4n) is 3.04. The van der Waals surface area contributed by atoms with Gasteiger partial charge in [0.2, 0.25) is 0 Å². The number of rotatable bonds is 2. The maximum atomic E-state index is 12.7. The smallest absolute Gasteiger partial charge is 0.255 e. The average Bonchev–Trinajstić information content (AvgIpc) is 2.61. The van der Waals surface area contributed by atoms with Crippen molar-refractivity contribution in [1.29, 1.82) is 0 Å². The third-order valence-electron chi connectivity index (χ3n) is 4.38. The van der Waals surface area contributed by atoms with Gasteiger partial charge in [-0.2, -0.15) is 0 Å². The molecule has 4 nitrogen and oxygen atoms in total. The van der Waals surface area contributed by atoms with E-state index in [0.717, 1.165) is 0 Å². The Kier molecular flexibility index (Phi) is 5.30. The molecule has 1 saturated heterocycles. The molecule has 1 aliphatic heterocycles. The van der Waals surface area contributed by atoms with Crippen LogP contribution in [0.2, 0.25) is 10.0 Å². The predicted octanol–water partition coefficient (Wildman–Crippen LogP) is 3.98. The Morgan fingerprint density at radius 1 is 0.880 bits per heavy atom. The predicted molar refractivity (Wildman–Crippen MR) is 99.3 cm³/mol. The maximum absolute atomic E-state index is 12.7. The molecule has 1 heterocycles. The van der Waals surface area contributed by atoms with E-state index in [4.69, 9.17) is 23.2 Å². The van der Waals surface area contributed by atoms with Gasteiger partial charge in [-0.05, 0) is 31.2 Å². The Morgan fingerprint density at radius 3 is 1.92 bits per heavy atom. The molecule has 3 rings (SSSR count). The third-order valence-corrected chi connectivity index (χ3v) is 5.04. The van der Waals surface area contributed by atoms with Crippen molar-refractivity contribution in [2.45, 2.75) is 13.0 Å². The van der Waals surface area contributed by atoms with Crippen LogP contribution < -0.4 is 0 Å². The molecule has 25 heavy (non-hydrogen) atoms. The van der Waals surface area contributed by atoms with Crippen molar-refractivity contribution in [2.75, 3.05) is 19.6 Å². The van der Waals surface area contributed by atoms with E-state index in [-0.39, 0.29) is 17.9 Å². The van der Waals surface area contributed by atoms with Crippen LogP contribution in [0.15, 0.2) is 48.5 Å². The minimum Gasteiger partial charge on any atom is -0.335 e. The van der Waals surface area contributed by atoms with Crippen molar-refractivity contribution < 1.29 is 9.59 Å². The molecule has 0 aromatic heterocycles. The van der Waals surface area contributed by atoms with Gasteiger partial charge in [0.25, 0.3) is 11.8 Å². The van der Waals surface area contributed by atoms with Crippen LogP contribution in [0.5, 0.6) is 0 Å². The zero-order chi connectivity index (χ0) is 18.0. The summed E-state index contributed by atoms with van der Waals surface area (Å²) in [6, 6.07) is 13.9. The second-order valence-corrected chi connectivity index (χ2v) is 6.87. The van der Waals surface area contributed by atoms with Crippen molar-refractivity contribution in [3.63, 3.8) is 0 Å². The number of hydrogen-bond acceptors (Lipinski definition) is 2. The molecule has 130 valence electrons. The molecule has 1 fully saturated rings. The molecular formula is C19H18Cl2N2O2. The number of carbonyl (C=O) groups excluding carboxylic acids is 2. The summed E-state index contributed by atoms with van der Waals surface area (Å²) in [4.78, 5) is 28.9. The summed E-state index contributed by atoms with van der Waals surface area (Å²) in [5.41, 5.74) is 0.976. The first-order valence-electron chi connectivity index (χ1n) is 8.08. The number of piperazine rings is 1. The van der Waals surface area contributed by atoms with Crippen LogP contribution in [0.3, 0.4) is 0 Å². The molecule has 0 aliphatic carbocycles. The lowest BCUT2D eigenvalue weighted by Crippen LogP contribution is -2.55. The topological polar surface area (TPSA) is 40.6 Å². The molecule has 2 amide bonds. The van der Waals surface area contributed by atoms with Gasteiger partial charge in [0.15, 0.2) is 0 Å². The zero-order valence-electron chi connectivity index (χ0n) is 13.8. The van der Waals surface area contributed by atoms with Gasteiger partial charge in [-0.3, -0.25) is 9.59 Å². The molecule has 0 N–H and O–H groups in total. The molecule has 6 heteroatoms. The highest BCUT2D eigenvalue weighted by molar-refractivity contribution is 6.34. The van der Waals surface area contributed by atoms with E-state index in [1.165, 1.54) is 0 Å². The summed E-state index contributed by atoms with van der Waals surface area (Å²) in [5, 5.41) is 0.879. The Labute approximate surface area is 156 Å². The normalized spacial score (nSPS) is 17.5. The summed E-state index contributed by atoms with van der Waals surface area (Å²) < 4.78 is 0. The van der Waals surface area contributed by atoms with Crippen molar-refractivity contribution in [3.05, 3.63) is 69.7 Å². The van der Waals surface area contributed by atoms with Crippen LogP contribution in [0, 0.1) is 0 Å². The number of nitrogens with zero attached hydrogens (tertiary/aromatic N) is 2. The van der Waals surface area contributed by atoms with Gasteiger partial charge in [-0.15, -0.1) is 0 Å². The van der Waals surface area contributed by atoms with E-state index in [2.05, 4.69) is 0 Å². The van der Waals surface area contributed by atoms with Crippen LogP contribution in [-0.4, -0.2) is 47.3 Å². The molecule has 2 aromatic carbocycles. The molecule has 2 aromatic rings. The fraction of sp³-hybridized carbons (Fsp3) is 0.263. The number of hydrogen-bond donors (Lipinski definition) is 0. The number of halogens is 2. The minimum atomic E-state index is -0.109. The molecule has 0 saturated carbocycles. The lowest BCUT2D eigenvalue weighted by Gasteiger charge is -2.40. The van der Waals surface area contributed by atoms with Gasteiger partial charge in [-0.25, -0.2) is 0 Å². The van der Waals surface area contributed by atoms with Crippen molar-refractivity contribution in [3.8, 4) is 0 Å². The minimum absolute atomic E-state index is 0.107. The van der Waals surface area contributed by atoms with E-state index >= 15 is 0 Å². The summed E-state index contributed by atoms with van der Waals surface area (Å²) in [6.07, 6.45) is 0. The SMILES string of the molecule is C[C@@H]1CN(C(=O)c2ccccc2Cl)CCN1C(=O)c1ccccc1Cl. The highest BCUT2D eigenvalue weighted by Gasteiger charge is 2.31. The first-order valence-corrected chi connectivity index (χ1v) is 8.84. The highest BCUT2D eigenvalue weighted by Crippen LogP contribution is 2.22. The lowest BCUT2D eigenvalue weighted by atomic mass is 10.1. The van der Waals surface area contributed by atoms with Gasteiger partial charge >= 0.3 is 0 Å². The first-order chi connectivity index (χ1) is 12.0. The Hall–Kier alpha value is -2.04. The zero-order valence-corrected chi connectivity index (χ0v) is 15.3. The second-order valence-electron chi connectivity index (χ2n) is 6.06. The summed E-state index contributed by atoms with van der Waals surface area (Å²) in [5.74, 6) is -0.217. The van der Waals surface area contributed by atoms with Gasteiger partial charge in [0.05, 0.1) is 21.2 Å². The third kappa shape index (κ3) is 3.65. The fourth-order valence-corrected chi connectivity index (χ4v) is 3.47. The molecule has 0 bridgehead atoms. The molecule has 1 atom stereocenters. The molecule has 0 unspecified atom stereocenters. The first kappa shape index (κ1) is 17.8. The molecule has 1 aliphatic rings. The van der Waals surface area contributed by atoms with E-state index < -0.39 is 0 Å². The summed E-state index contributed by atoms with van der Waals surface area (Å²) in [7, 11) is 0. The molecule has 0 radical (unpaired) electrons. The monoisotopic (exact) mass is 376 g/mol. The van der Waals surface area contributed by atoms with Crippen LogP contribution >= 0.6 is 23.2 Å². The largest absolute Gasteiger partial charge is 0.335 e. The van der Waals surface area contributed by atoms with E-state index in [0.29, 0.717) is 40.8 Å². The highest BCUT2D eigenvalue weighted by atomic mass is 35.5. The van der Waals surface area contributed by atoms with E-state index in [1.54, 1.807) is 58.3 Å². The Bertz CT molecular complexity index is 810.